The maximum Gasteiger partial charge on any atom is 0.133 e. The molecule has 3 nitrogen and oxygen atoms in total. The smallest absolute Gasteiger partial charge is 0.133 e. The molecule has 1 aromatic carbocycles. The first-order chi connectivity index (χ1) is 9.24. The molecule has 0 amide bonds. The van der Waals surface area contributed by atoms with E-state index in [4.69, 9.17) is 26.1 Å². The van der Waals surface area contributed by atoms with Crippen molar-refractivity contribution in [2.45, 2.75) is 25.7 Å². The molecule has 0 N–H and O–H groups in total. The van der Waals surface area contributed by atoms with Crippen LogP contribution >= 0.6 is 11.6 Å². The third-order valence-electron chi connectivity index (χ3n) is 3.69. The second-order valence-corrected chi connectivity index (χ2v) is 5.16. The van der Waals surface area contributed by atoms with E-state index in [1.165, 1.54) is 18.4 Å². The summed E-state index contributed by atoms with van der Waals surface area (Å²) >= 11 is 6.58. The highest BCUT2D eigenvalue weighted by Gasteiger charge is 2.20. The maximum atomic E-state index is 6.58. The van der Waals surface area contributed by atoms with Crippen molar-refractivity contribution in [1.29, 1.82) is 0 Å². The van der Waals surface area contributed by atoms with Crippen LogP contribution in [0.5, 0.6) is 11.5 Å². The van der Waals surface area contributed by atoms with Crippen LogP contribution in [0, 0.1) is 0 Å². The van der Waals surface area contributed by atoms with Crippen molar-refractivity contribution in [2.24, 2.45) is 0 Å². The second-order valence-electron chi connectivity index (χ2n) is 4.78. The number of hydrogen-bond acceptors (Lipinski definition) is 3. The van der Waals surface area contributed by atoms with Crippen LogP contribution < -0.4 is 9.47 Å². The molecule has 0 bridgehead atoms. The predicted molar refractivity (Wildman–Crippen MR) is 76.5 cm³/mol. The lowest BCUT2D eigenvalue weighted by atomic mass is 9.94. The zero-order chi connectivity index (χ0) is 13.4. The number of hydrogen-bond donors (Lipinski definition) is 0. The van der Waals surface area contributed by atoms with Crippen LogP contribution in [0.15, 0.2) is 12.1 Å². The van der Waals surface area contributed by atoms with Crippen molar-refractivity contribution in [1.82, 2.24) is 4.98 Å². The van der Waals surface area contributed by atoms with Crippen molar-refractivity contribution in [2.75, 3.05) is 14.2 Å². The first-order valence-electron chi connectivity index (χ1n) is 6.47. The Hall–Kier alpha value is -1.48. The van der Waals surface area contributed by atoms with E-state index >= 15 is 0 Å². The van der Waals surface area contributed by atoms with Gasteiger partial charge in [0.05, 0.1) is 30.1 Å². The predicted octanol–water partition coefficient (Wildman–Crippen LogP) is 3.78. The first-order valence-corrected chi connectivity index (χ1v) is 6.85. The number of aromatic nitrogens is 1. The summed E-state index contributed by atoms with van der Waals surface area (Å²) < 4.78 is 10.7. The summed E-state index contributed by atoms with van der Waals surface area (Å²) in [5.41, 5.74) is 3.16. The van der Waals surface area contributed by atoms with E-state index in [2.05, 4.69) is 0 Å². The highest BCUT2D eigenvalue weighted by Crippen LogP contribution is 2.39. The van der Waals surface area contributed by atoms with E-state index in [-0.39, 0.29) is 0 Å². The molecule has 2 aromatic rings. The molecule has 0 aliphatic heterocycles. The van der Waals surface area contributed by atoms with E-state index < -0.39 is 0 Å². The SMILES string of the molecule is COc1cc(OC)c2c(Cl)c3c(nc2c1)CCCC3. The number of aryl methyl sites for hydroxylation is 1. The van der Waals surface area contributed by atoms with Gasteiger partial charge >= 0.3 is 0 Å². The summed E-state index contributed by atoms with van der Waals surface area (Å²) in [6.07, 6.45) is 4.37. The number of methoxy groups -OCH3 is 2. The number of fused-ring (bicyclic) bond motifs is 2. The zero-order valence-corrected chi connectivity index (χ0v) is 11.9. The summed E-state index contributed by atoms with van der Waals surface area (Å²) in [5.74, 6) is 1.46. The van der Waals surface area contributed by atoms with Crippen molar-refractivity contribution in [3.63, 3.8) is 0 Å². The Kier molecular flexibility index (Phi) is 3.23. The lowest BCUT2D eigenvalue weighted by molar-refractivity contribution is 0.397. The Morgan fingerprint density at radius 2 is 1.89 bits per heavy atom. The summed E-state index contributed by atoms with van der Waals surface area (Å²) in [6, 6.07) is 3.77. The van der Waals surface area contributed by atoms with Gasteiger partial charge in [-0.05, 0) is 31.2 Å². The summed E-state index contributed by atoms with van der Waals surface area (Å²) in [6.45, 7) is 0. The number of ether oxygens (including phenoxy) is 2. The fourth-order valence-electron chi connectivity index (χ4n) is 2.71. The molecule has 1 aliphatic carbocycles. The largest absolute Gasteiger partial charge is 0.497 e. The summed E-state index contributed by atoms with van der Waals surface area (Å²) in [7, 11) is 3.28. The molecule has 4 heteroatoms. The third kappa shape index (κ3) is 2.02. The topological polar surface area (TPSA) is 31.4 Å². The monoisotopic (exact) mass is 277 g/mol. The van der Waals surface area contributed by atoms with E-state index in [9.17, 15) is 0 Å². The molecular formula is C15H16ClNO2. The molecule has 0 radical (unpaired) electrons. The van der Waals surface area contributed by atoms with Gasteiger partial charge in [-0.15, -0.1) is 0 Å². The molecule has 19 heavy (non-hydrogen) atoms. The fraction of sp³-hybridized carbons (Fsp3) is 0.400. The van der Waals surface area contributed by atoms with Crippen LogP contribution in [0.2, 0.25) is 5.02 Å². The first kappa shape index (κ1) is 12.5. The number of rotatable bonds is 2. The quantitative estimate of drug-likeness (QED) is 0.837. The van der Waals surface area contributed by atoms with Crippen LogP contribution in [0.3, 0.4) is 0 Å². The molecule has 0 spiro atoms. The third-order valence-corrected chi connectivity index (χ3v) is 4.11. The Morgan fingerprint density at radius 3 is 2.63 bits per heavy atom. The molecular weight excluding hydrogens is 262 g/mol. The Bertz CT molecular complexity index is 640. The number of nitrogens with zero attached hydrogens (tertiary/aromatic N) is 1. The van der Waals surface area contributed by atoms with Gasteiger partial charge in [-0.3, -0.25) is 4.98 Å². The van der Waals surface area contributed by atoms with Gasteiger partial charge in [-0.1, -0.05) is 11.6 Å². The van der Waals surface area contributed by atoms with Gasteiger partial charge in [0.15, 0.2) is 0 Å². The average Bonchev–Trinajstić information content (AvgIpc) is 2.46. The summed E-state index contributed by atoms with van der Waals surface area (Å²) in [4.78, 5) is 4.75. The van der Waals surface area contributed by atoms with Gasteiger partial charge in [0, 0.05) is 17.8 Å². The van der Waals surface area contributed by atoms with Crippen LogP contribution in [0.25, 0.3) is 10.9 Å². The molecule has 1 heterocycles. The fourth-order valence-corrected chi connectivity index (χ4v) is 3.10. The normalized spacial score (nSPS) is 14.3. The highest BCUT2D eigenvalue weighted by molar-refractivity contribution is 6.36. The van der Waals surface area contributed by atoms with Gasteiger partial charge in [0.1, 0.15) is 11.5 Å². The minimum atomic E-state index is 0.722. The molecule has 0 atom stereocenters. The standard InChI is InChI=1S/C15H16ClNO2/c1-18-9-7-12-14(13(8-9)19-2)15(16)10-5-3-4-6-11(10)17-12/h7-8H,3-6H2,1-2H3. The number of pyridine rings is 1. The maximum absolute atomic E-state index is 6.58. The minimum Gasteiger partial charge on any atom is -0.497 e. The van der Waals surface area contributed by atoms with Crippen LogP contribution in [0.4, 0.5) is 0 Å². The molecule has 0 fully saturated rings. The van der Waals surface area contributed by atoms with Crippen LogP contribution in [0.1, 0.15) is 24.1 Å². The van der Waals surface area contributed by atoms with Gasteiger partial charge < -0.3 is 9.47 Å². The van der Waals surface area contributed by atoms with Gasteiger partial charge in [0.25, 0.3) is 0 Å². The lowest BCUT2D eigenvalue weighted by Crippen LogP contribution is -2.07. The molecule has 0 saturated carbocycles. The van der Waals surface area contributed by atoms with Crippen molar-refractivity contribution < 1.29 is 9.47 Å². The van der Waals surface area contributed by atoms with Gasteiger partial charge in [-0.2, -0.15) is 0 Å². The Morgan fingerprint density at radius 1 is 1.11 bits per heavy atom. The van der Waals surface area contributed by atoms with Crippen molar-refractivity contribution in [3.05, 3.63) is 28.4 Å². The van der Waals surface area contributed by atoms with E-state index in [1.807, 2.05) is 12.1 Å². The second kappa shape index (κ2) is 4.89. The molecule has 100 valence electrons. The average molecular weight is 278 g/mol. The van der Waals surface area contributed by atoms with Gasteiger partial charge in [0.2, 0.25) is 0 Å². The van der Waals surface area contributed by atoms with Crippen LogP contribution in [-0.4, -0.2) is 19.2 Å². The molecule has 1 aromatic heterocycles. The Balaban J connectivity index is 2.34. The number of benzene rings is 1. The van der Waals surface area contributed by atoms with Crippen LogP contribution in [-0.2, 0) is 12.8 Å². The molecule has 0 saturated heterocycles. The van der Waals surface area contributed by atoms with Crippen molar-refractivity contribution >= 4 is 22.5 Å². The van der Waals surface area contributed by atoms with E-state index in [1.54, 1.807) is 14.2 Å². The summed E-state index contributed by atoms with van der Waals surface area (Å²) in [5, 5.41) is 1.69. The van der Waals surface area contributed by atoms with Gasteiger partial charge in [-0.25, -0.2) is 0 Å². The molecule has 1 aliphatic rings. The minimum absolute atomic E-state index is 0.722. The van der Waals surface area contributed by atoms with Crippen molar-refractivity contribution in [3.8, 4) is 11.5 Å². The molecule has 0 unspecified atom stereocenters. The number of halogens is 1. The van der Waals surface area contributed by atoms with E-state index in [0.29, 0.717) is 0 Å². The zero-order valence-electron chi connectivity index (χ0n) is 11.1. The lowest BCUT2D eigenvalue weighted by Gasteiger charge is -2.19. The van der Waals surface area contributed by atoms with E-state index in [0.717, 1.165) is 46.0 Å². The molecule has 3 rings (SSSR count). The Labute approximate surface area is 117 Å². The highest BCUT2D eigenvalue weighted by atomic mass is 35.5.